The Morgan fingerprint density at radius 2 is 1.83 bits per heavy atom. The molecule has 1 aliphatic rings. The van der Waals surface area contributed by atoms with Crippen molar-refractivity contribution in [1.82, 2.24) is 9.97 Å². The maximum absolute atomic E-state index is 6.32. The topological polar surface area (TPSA) is 62.7 Å². The van der Waals surface area contributed by atoms with E-state index >= 15 is 0 Å². The average Bonchev–Trinajstić information content (AvgIpc) is 2.71. The molecule has 1 aliphatic carbocycles. The molecule has 170 valence electrons. The van der Waals surface area contributed by atoms with Gasteiger partial charge in [0.2, 0.25) is 0 Å². The molecule has 0 saturated carbocycles. The summed E-state index contributed by atoms with van der Waals surface area (Å²) in [5, 5.41) is 0.196. The van der Waals surface area contributed by atoms with Crippen molar-refractivity contribution in [2.45, 2.75) is 64.8 Å². The summed E-state index contributed by atoms with van der Waals surface area (Å²) in [5.41, 5.74) is 2.20. The molecule has 0 aromatic carbocycles. The Morgan fingerprint density at radius 1 is 1.10 bits per heavy atom. The molecule has 7 heteroatoms. The molecule has 1 heterocycles. The van der Waals surface area contributed by atoms with E-state index in [1.807, 2.05) is 12.3 Å². The van der Waals surface area contributed by atoms with Crippen molar-refractivity contribution >= 4 is 13.9 Å². The smallest absolute Gasteiger partial charge is 0.192 e. The van der Waals surface area contributed by atoms with E-state index in [0.717, 1.165) is 37.4 Å². The Balaban J connectivity index is 1.78. The summed E-state index contributed by atoms with van der Waals surface area (Å²) in [5.74, 6) is 1.40. The van der Waals surface area contributed by atoms with Crippen molar-refractivity contribution < 1.29 is 18.6 Å². The van der Waals surface area contributed by atoms with Gasteiger partial charge in [0, 0.05) is 19.9 Å². The lowest BCUT2D eigenvalue weighted by molar-refractivity contribution is 0.0148. The summed E-state index contributed by atoms with van der Waals surface area (Å²) in [6.45, 7) is 15.1. The van der Waals surface area contributed by atoms with Crippen molar-refractivity contribution in [1.29, 1.82) is 0 Å². The summed E-state index contributed by atoms with van der Waals surface area (Å²) in [7, 11) is -0.108. The Morgan fingerprint density at radius 3 is 2.50 bits per heavy atom. The lowest BCUT2D eigenvalue weighted by Gasteiger charge is -2.36. The number of ether oxygens (including phenoxy) is 3. The molecule has 0 fully saturated rings. The molecule has 0 amide bonds. The van der Waals surface area contributed by atoms with Gasteiger partial charge in [-0.15, -0.1) is 0 Å². The molecule has 0 bridgehead atoms. The number of hydrogen-bond acceptors (Lipinski definition) is 6. The third kappa shape index (κ3) is 8.19. The zero-order valence-corrected chi connectivity index (χ0v) is 20.7. The van der Waals surface area contributed by atoms with Crippen LogP contribution in [0.15, 0.2) is 18.3 Å². The van der Waals surface area contributed by atoms with E-state index in [-0.39, 0.29) is 5.04 Å². The number of hydrogen-bond donors (Lipinski definition) is 0. The zero-order valence-electron chi connectivity index (χ0n) is 19.7. The van der Waals surface area contributed by atoms with Gasteiger partial charge in [0.15, 0.2) is 14.1 Å². The van der Waals surface area contributed by atoms with Crippen LogP contribution in [0, 0.1) is 5.92 Å². The molecule has 30 heavy (non-hydrogen) atoms. The van der Waals surface area contributed by atoms with Crippen LogP contribution in [0.5, 0.6) is 0 Å². The summed E-state index contributed by atoms with van der Waals surface area (Å²) in [4.78, 5) is 9.29. The van der Waals surface area contributed by atoms with Gasteiger partial charge in [0.1, 0.15) is 0 Å². The molecule has 0 spiro atoms. The maximum Gasteiger partial charge on any atom is 0.192 e. The standard InChI is InChI=1S/C23H40N2O4Si/c1-23(2,3)30(5,6)29-18-21-11-12-24-22(25-21)20-9-7-19(8-10-20)17-28-16-15-27-14-13-26-4/h9,11-12,19H,7-8,10,13-18H2,1-6H3/t19-/m1/s1. The predicted molar refractivity (Wildman–Crippen MR) is 123 cm³/mol. The maximum atomic E-state index is 6.32. The van der Waals surface area contributed by atoms with Crippen LogP contribution in [0.1, 0.15) is 51.6 Å². The van der Waals surface area contributed by atoms with Crippen LogP contribution in [0.4, 0.5) is 0 Å². The van der Waals surface area contributed by atoms with Crippen LogP contribution >= 0.6 is 0 Å². The molecule has 2 rings (SSSR count). The number of methoxy groups -OCH3 is 1. The van der Waals surface area contributed by atoms with Crippen molar-refractivity contribution in [3.63, 3.8) is 0 Å². The normalized spacial score (nSPS) is 17.8. The monoisotopic (exact) mass is 436 g/mol. The van der Waals surface area contributed by atoms with Crippen molar-refractivity contribution in [3.05, 3.63) is 29.9 Å². The van der Waals surface area contributed by atoms with Crippen LogP contribution in [0.25, 0.3) is 5.57 Å². The highest BCUT2D eigenvalue weighted by Gasteiger charge is 2.37. The minimum Gasteiger partial charge on any atom is -0.411 e. The number of aromatic nitrogens is 2. The first-order chi connectivity index (χ1) is 14.2. The summed E-state index contributed by atoms with van der Waals surface area (Å²) in [6, 6.07) is 1.96. The van der Waals surface area contributed by atoms with Crippen LogP contribution < -0.4 is 0 Å². The van der Waals surface area contributed by atoms with Gasteiger partial charge in [-0.05, 0) is 55.0 Å². The Kier molecular flexibility index (Phi) is 10.1. The number of rotatable bonds is 12. The summed E-state index contributed by atoms with van der Waals surface area (Å²) >= 11 is 0. The van der Waals surface area contributed by atoms with Crippen LogP contribution in [-0.4, -0.2) is 58.4 Å². The first-order valence-corrected chi connectivity index (χ1v) is 13.9. The summed E-state index contributed by atoms with van der Waals surface area (Å²) < 4.78 is 22.5. The molecule has 6 nitrogen and oxygen atoms in total. The molecule has 0 aliphatic heterocycles. The predicted octanol–water partition coefficient (Wildman–Crippen LogP) is 4.86. The number of nitrogens with zero attached hydrogens (tertiary/aromatic N) is 2. The molecule has 0 N–H and O–H groups in total. The fourth-order valence-electron chi connectivity index (χ4n) is 2.96. The Hall–Kier alpha value is -1.12. The fraction of sp³-hybridized carbons (Fsp3) is 0.739. The van der Waals surface area contributed by atoms with E-state index in [4.69, 9.17) is 23.6 Å². The Bertz CT molecular complexity index is 673. The minimum atomic E-state index is -1.78. The van der Waals surface area contributed by atoms with E-state index in [1.165, 1.54) is 5.57 Å². The highest BCUT2D eigenvalue weighted by Crippen LogP contribution is 2.37. The molecular weight excluding hydrogens is 396 g/mol. The second-order valence-corrected chi connectivity index (χ2v) is 14.3. The van der Waals surface area contributed by atoms with E-state index in [0.29, 0.717) is 39.0 Å². The third-order valence-electron chi connectivity index (χ3n) is 6.06. The minimum absolute atomic E-state index is 0.196. The first-order valence-electron chi connectivity index (χ1n) is 11.0. The zero-order chi connectivity index (χ0) is 22.0. The van der Waals surface area contributed by atoms with E-state index < -0.39 is 8.32 Å². The van der Waals surface area contributed by atoms with Gasteiger partial charge in [-0.1, -0.05) is 26.8 Å². The van der Waals surface area contributed by atoms with Crippen LogP contribution in [0.2, 0.25) is 18.1 Å². The van der Waals surface area contributed by atoms with Crippen LogP contribution in [-0.2, 0) is 25.2 Å². The first kappa shape index (κ1) is 25.1. The van der Waals surface area contributed by atoms with Crippen molar-refractivity contribution in [3.8, 4) is 0 Å². The molecule has 0 unspecified atom stereocenters. The van der Waals surface area contributed by atoms with Gasteiger partial charge >= 0.3 is 0 Å². The Labute approximate surface area is 183 Å². The fourth-order valence-corrected chi connectivity index (χ4v) is 3.90. The van der Waals surface area contributed by atoms with Gasteiger partial charge in [0.05, 0.1) is 38.7 Å². The molecule has 0 radical (unpaired) electrons. The van der Waals surface area contributed by atoms with Crippen LogP contribution in [0.3, 0.4) is 0 Å². The molecule has 1 aromatic rings. The van der Waals surface area contributed by atoms with Gasteiger partial charge in [-0.3, -0.25) is 0 Å². The lowest BCUT2D eigenvalue weighted by Crippen LogP contribution is -2.40. The molecule has 1 aromatic heterocycles. The quantitative estimate of drug-likeness (QED) is 0.344. The second kappa shape index (κ2) is 12.1. The third-order valence-corrected chi connectivity index (χ3v) is 10.5. The van der Waals surface area contributed by atoms with Crippen molar-refractivity contribution in [2.24, 2.45) is 5.92 Å². The second-order valence-electron chi connectivity index (χ2n) is 9.47. The highest BCUT2D eigenvalue weighted by atomic mass is 28.4. The lowest BCUT2D eigenvalue weighted by atomic mass is 9.90. The summed E-state index contributed by atoms with van der Waals surface area (Å²) in [6.07, 6.45) is 7.23. The van der Waals surface area contributed by atoms with Crippen molar-refractivity contribution in [2.75, 3.05) is 40.1 Å². The SMILES string of the molecule is COCCOCCOC[C@@H]1CC=C(c2nccc(CO[Si](C)(C)C(C)(C)C)n2)CC1. The van der Waals surface area contributed by atoms with Gasteiger partial charge < -0.3 is 18.6 Å². The largest absolute Gasteiger partial charge is 0.411 e. The van der Waals surface area contributed by atoms with E-state index in [1.54, 1.807) is 7.11 Å². The molecular formula is C23H40N2O4Si. The van der Waals surface area contributed by atoms with Gasteiger partial charge in [-0.25, -0.2) is 9.97 Å². The highest BCUT2D eigenvalue weighted by molar-refractivity contribution is 6.74. The van der Waals surface area contributed by atoms with E-state index in [2.05, 4.69) is 44.9 Å². The number of allylic oxidation sites excluding steroid dienone is 2. The molecule has 1 atom stereocenters. The van der Waals surface area contributed by atoms with Gasteiger partial charge in [0.25, 0.3) is 0 Å². The van der Waals surface area contributed by atoms with E-state index in [9.17, 15) is 0 Å². The van der Waals surface area contributed by atoms with Gasteiger partial charge in [-0.2, -0.15) is 0 Å². The average molecular weight is 437 g/mol. The molecule has 0 saturated heterocycles.